The zero-order valence-corrected chi connectivity index (χ0v) is 14.7. The summed E-state index contributed by atoms with van der Waals surface area (Å²) in [5, 5.41) is 3.33. The number of anilines is 2. The van der Waals surface area contributed by atoms with Crippen LogP contribution in [0.4, 0.5) is 11.4 Å². The maximum atomic E-state index is 12.4. The molecule has 0 amide bonds. The monoisotopic (exact) mass is 332 g/mol. The first kappa shape index (κ1) is 17.3. The van der Waals surface area contributed by atoms with Gasteiger partial charge in [-0.05, 0) is 61.2 Å². The summed E-state index contributed by atoms with van der Waals surface area (Å²) < 4.78 is 27.3. The smallest absolute Gasteiger partial charge is 0.261 e. The lowest BCUT2D eigenvalue weighted by atomic mass is 10.1. The van der Waals surface area contributed by atoms with Crippen LogP contribution in [0.1, 0.15) is 25.8 Å². The van der Waals surface area contributed by atoms with Gasteiger partial charge in [-0.2, -0.15) is 0 Å². The van der Waals surface area contributed by atoms with Crippen LogP contribution in [0, 0.1) is 12.8 Å². The molecule has 0 saturated heterocycles. The number of benzene rings is 2. The molecule has 0 saturated carbocycles. The fourth-order valence-electron chi connectivity index (χ4n) is 2.16. The van der Waals surface area contributed by atoms with E-state index < -0.39 is 10.0 Å². The van der Waals surface area contributed by atoms with Gasteiger partial charge in [-0.25, -0.2) is 8.42 Å². The SMILES string of the molecule is Cc1cccc(S(=O)(=O)Nc2ccc(NCCC(C)C)cc2)c1. The highest BCUT2D eigenvalue weighted by Crippen LogP contribution is 2.19. The molecule has 0 aliphatic rings. The molecule has 0 heterocycles. The summed E-state index contributed by atoms with van der Waals surface area (Å²) in [7, 11) is -3.55. The average molecular weight is 332 g/mol. The van der Waals surface area contributed by atoms with Crippen molar-refractivity contribution in [3.05, 3.63) is 54.1 Å². The predicted molar refractivity (Wildman–Crippen MR) is 96.4 cm³/mol. The van der Waals surface area contributed by atoms with Gasteiger partial charge < -0.3 is 5.32 Å². The Morgan fingerprint density at radius 3 is 2.26 bits per heavy atom. The van der Waals surface area contributed by atoms with E-state index in [0.29, 0.717) is 11.6 Å². The maximum absolute atomic E-state index is 12.4. The van der Waals surface area contributed by atoms with Crippen LogP contribution < -0.4 is 10.0 Å². The minimum Gasteiger partial charge on any atom is -0.385 e. The number of nitrogens with one attached hydrogen (secondary N) is 2. The van der Waals surface area contributed by atoms with E-state index in [1.165, 1.54) is 0 Å². The number of rotatable bonds is 7. The second-order valence-electron chi connectivity index (χ2n) is 6.11. The molecule has 0 atom stereocenters. The van der Waals surface area contributed by atoms with Gasteiger partial charge in [-0.3, -0.25) is 4.72 Å². The van der Waals surface area contributed by atoms with Crippen molar-refractivity contribution in [1.29, 1.82) is 0 Å². The van der Waals surface area contributed by atoms with Gasteiger partial charge in [-0.15, -0.1) is 0 Å². The van der Waals surface area contributed by atoms with Gasteiger partial charge in [-0.1, -0.05) is 26.0 Å². The van der Waals surface area contributed by atoms with Crippen LogP contribution in [-0.4, -0.2) is 15.0 Å². The molecule has 2 N–H and O–H groups in total. The van der Waals surface area contributed by atoms with Gasteiger partial charge in [0.2, 0.25) is 0 Å². The average Bonchev–Trinajstić information content (AvgIpc) is 2.48. The lowest BCUT2D eigenvalue weighted by molar-refractivity contribution is 0.601. The van der Waals surface area contributed by atoms with Crippen molar-refractivity contribution < 1.29 is 8.42 Å². The van der Waals surface area contributed by atoms with Crippen molar-refractivity contribution in [3.63, 3.8) is 0 Å². The van der Waals surface area contributed by atoms with Crippen LogP contribution >= 0.6 is 0 Å². The highest BCUT2D eigenvalue weighted by atomic mass is 32.2. The van der Waals surface area contributed by atoms with Crippen LogP contribution in [0.3, 0.4) is 0 Å². The zero-order valence-electron chi connectivity index (χ0n) is 13.8. The molecule has 0 bridgehead atoms. The molecular formula is C18H24N2O2S. The Bertz CT molecular complexity index is 738. The summed E-state index contributed by atoms with van der Waals surface area (Å²) >= 11 is 0. The molecule has 0 unspecified atom stereocenters. The molecule has 4 nitrogen and oxygen atoms in total. The number of sulfonamides is 1. The quantitative estimate of drug-likeness (QED) is 0.797. The van der Waals surface area contributed by atoms with Crippen molar-refractivity contribution in [1.82, 2.24) is 0 Å². The Hall–Kier alpha value is -2.01. The Morgan fingerprint density at radius 1 is 1.00 bits per heavy atom. The molecule has 0 aliphatic heterocycles. The lowest BCUT2D eigenvalue weighted by Crippen LogP contribution is -2.13. The Balaban J connectivity index is 2.03. The summed E-state index contributed by atoms with van der Waals surface area (Å²) in [6.45, 7) is 7.15. The molecule has 23 heavy (non-hydrogen) atoms. The van der Waals surface area contributed by atoms with Crippen molar-refractivity contribution >= 4 is 21.4 Å². The molecule has 2 rings (SSSR count). The van der Waals surface area contributed by atoms with E-state index in [-0.39, 0.29) is 4.90 Å². The maximum Gasteiger partial charge on any atom is 0.261 e. The first-order chi connectivity index (χ1) is 10.9. The molecular weight excluding hydrogens is 308 g/mol. The first-order valence-electron chi connectivity index (χ1n) is 7.80. The molecule has 0 fully saturated rings. The molecule has 0 aliphatic carbocycles. The van der Waals surface area contributed by atoms with Crippen molar-refractivity contribution in [2.45, 2.75) is 32.1 Å². The van der Waals surface area contributed by atoms with Gasteiger partial charge in [0.1, 0.15) is 0 Å². The summed E-state index contributed by atoms with van der Waals surface area (Å²) in [4.78, 5) is 0.275. The van der Waals surface area contributed by atoms with E-state index >= 15 is 0 Å². The highest BCUT2D eigenvalue weighted by molar-refractivity contribution is 7.92. The first-order valence-corrected chi connectivity index (χ1v) is 9.28. The topological polar surface area (TPSA) is 58.2 Å². The van der Waals surface area contributed by atoms with Gasteiger partial charge in [0, 0.05) is 17.9 Å². The van der Waals surface area contributed by atoms with Gasteiger partial charge in [0.15, 0.2) is 0 Å². The third kappa shape index (κ3) is 5.28. The third-order valence-electron chi connectivity index (χ3n) is 3.49. The van der Waals surface area contributed by atoms with Crippen molar-refractivity contribution in [2.75, 3.05) is 16.6 Å². The molecule has 2 aromatic carbocycles. The van der Waals surface area contributed by atoms with E-state index in [1.54, 1.807) is 30.3 Å². The highest BCUT2D eigenvalue weighted by Gasteiger charge is 2.13. The van der Waals surface area contributed by atoms with Crippen molar-refractivity contribution in [2.24, 2.45) is 5.92 Å². The third-order valence-corrected chi connectivity index (χ3v) is 4.87. The number of hydrogen-bond acceptors (Lipinski definition) is 3. The van der Waals surface area contributed by atoms with Crippen LogP contribution in [0.15, 0.2) is 53.4 Å². The van der Waals surface area contributed by atoms with Gasteiger partial charge in [0.05, 0.1) is 4.90 Å². The molecule has 0 aromatic heterocycles. The summed E-state index contributed by atoms with van der Waals surface area (Å²) in [6, 6.07) is 14.2. The largest absolute Gasteiger partial charge is 0.385 e. The molecule has 0 radical (unpaired) electrons. The van der Waals surface area contributed by atoms with Crippen LogP contribution in [0.2, 0.25) is 0 Å². The minimum atomic E-state index is -3.55. The normalized spacial score (nSPS) is 11.5. The van der Waals surface area contributed by atoms with Gasteiger partial charge >= 0.3 is 0 Å². The van der Waals surface area contributed by atoms with E-state index in [9.17, 15) is 8.42 Å². The summed E-state index contributed by atoms with van der Waals surface area (Å²) in [6.07, 6.45) is 1.10. The van der Waals surface area contributed by atoms with Gasteiger partial charge in [0.25, 0.3) is 10.0 Å². The Labute approximate surface area is 139 Å². The van der Waals surface area contributed by atoms with E-state index in [0.717, 1.165) is 24.2 Å². The minimum absolute atomic E-state index is 0.275. The van der Waals surface area contributed by atoms with E-state index in [4.69, 9.17) is 0 Å². The fourth-order valence-corrected chi connectivity index (χ4v) is 3.32. The Morgan fingerprint density at radius 2 is 1.65 bits per heavy atom. The predicted octanol–water partition coefficient (Wildman–Crippen LogP) is 4.25. The van der Waals surface area contributed by atoms with Crippen LogP contribution in [0.25, 0.3) is 0 Å². The number of aryl methyl sites for hydroxylation is 1. The standard InChI is InChI=1S/C18H24N2O2S/c1-14(2)11-12-19-16-7-9-17(10-8-16)20-23(21,22)18-6-4-5-15(3)13-18/h4-10,13-14,19-20H,11-12H2,1-3H3. The fraction of sp³-hybridized carbons (Fsp3) is 0.333. The van der Waals surface area contributed by atoms with Crippen LogP contribution in [-0.2, 0) is 10.0 Å². The second-order valence-corrected chi connectivity index (χ2v) is 7.79. The second kappa shape index (κ2) is 7.51. The summed E-state index contributed by atoms with van der Waals surface area (Å²) in [5.41, 5.74) is 2.46. The molecule has 5 heteroatoms. The van der Waals surface area contributed by atoms with Crippen LogP contribution in [0.5, 0.6) is 0 Å². The number of hydrogen-bond donors (Lipinski definition) is 2. The lowest BCUT2D eigenvalue weighted by Gasteiger charge is -2.11. The van der Waals surface area contributed by atoms with Crippen molar-refractivity contribution in [3.8, 4) is 0 Å². The van der Waals surface area contributed by atoms with E-state index in [1.807, 2.05) is 25.1 Å². The zero-order chi connectivity index (χ0) is 16.9. The van der Waals surface area contributed by atoms with E-state index in [2.05, 4.69) is 23.9 Å². The molecule has 124 valence electrons. The Kier molecular flexibility index (Phi) is 5.66. The molecule has 0 spiro atoms. The molecule has 2 aromatic rings. The summed E-state index contributed by atoms with van der Waals surface area (Å²) in [5.74, 6) is 0.655.